The number of amidine groups is 1. The first-order valence-corrected chi connectivity index (χ1v) is 6.63. The molecule has 2 rings (SSSR count). The number of halogens is 1. The number of nitrogens with zero attached hydrogens (tertiary/aromatic N) is 1. The number of rotatable bonds is 3. The summed E-state index contributed by atoms with van der Waals surface area (Å²) in [7, 11) is 0. The van der Waals surface area contributed by atoms with Crippen LogP contribution in [0, 0.1) is 11.2 Å². The van der Waals surface area contributed by atoms with E-state index in [1.165, 1.54) is 24.3 Å². The first-order valence-electron chi connectivity index (χ1n) is 6.63. The number of nitrogens with two attached hydrogens (primary N) is 1. The van der Waals surface area contributed by atoms with E-state index in [0.717, 1.165) is 19.3 Å². The second kappa shape index (κ2) is 5.90. The van der Waals surface area contributed by atoms with Gasteiger partial charge in [-0.1, -0.05) is 24.4 Å². The smallest absolute Gasteiger partial charge is 0.238 e. The Morgan fingerprint density at radius 3 is 2.40 bits per heavy atom. The molecule has 20 heavy (non-hydrogen) atoms. The van der Waals surface area contributed by atoms with Crippen molar-refractivity contribution in [2.45, 2.75) is 32.1 Å². The van der Waals surface area contributed by atoms with Crippen LogP contribution in [0.25, 0.3) is 0 Å². The van der Waals surface area contributed by atoms with E-state index in [-0.39, 0.29) is 17.6 Å². The number of carbonyl (C=O) groups excluding carboxylic acids is 1. The van der Waals surface area contributed by atoms with Gasteiger partial charge in [-0.25, -0.2) is 4.39 Å². The molecule has 1 saturated carbocycles. The minimum atomic E-state index is -0.971. The van der Waals surface area contributed by atoms with Crippen LogP contribution >= 0.6 is 0 Å². The van der Waals surface area contributed by atoms with Crippen LogP contribution in [0.5, 0.6) is 0 Å². The highest BCUT2D eigenvalue weighted by atomic mass is 19.1. The maximum Gasteiger partial charge on any atom is 0.238 e. The Bertz CT molecular complexity index is 508. The molecular formula is C14H18FN3O2. The number of benzene rings is 1. The minimum Gasteiger partial charge on any atom is -0.409 e. The second-order valence-electron chi connectivity index (χ2n) is 5.09. The first-order chi connectivity index (χ1) is 9.58. The Kier molecular flexibility index (Phi) is 4.22. The van der Waals surface area contributed by atoms with E-state index in [2.05, 4.69) is 10.5 Å². The molecule has 4 N–H and O–H groups in total. The quantitative estimate of drug-likeness (QED) is 0.344. The normalized spacial score (nSPS) is 18.6. The van der Waals surface area contributed by atoms with Crippen molar-refractivity contribution >= 4 is 17.4 Å². The monoisotopic (exact) mass is 279 g/mol. The zero-order chi connectivity index (χ0) is 14.6. The molecule has 0 radical (unpaired) electrons. The predicted molar refractivity (Wildman–Crippen MR) is 74.0 cm³/mol. The fraction of sp³-hybridized carbons (Fsp3) is 0.429. The highest BCUT2D eigenvalue weighted by Crippen LogP contribution is 2.37. The molecule has 0 atom stereocenters. The van der Waals surface area contributed by atoms with Gasteiger partial charge in [0, 0.05) is 5.69 Å². The molecule has 0 saturated heterocycles. The van der Waals surface area contributed by atoms with Crippen molar-refractivity contribution in [2.24, 2.45) is 16.3 Å². The van der Waals surface area contributed by atoms with Crippen LogP contribution < -0.4 is 11.1 Å². The minimum absolute atomic E-state index is 0.0585. The standard InChI is InChI=1S/C14H18FN3O2/c15-10-4-6-11(7-5-10)17-13(19)14(12(16)18-20)8-2-1-3-9-14/h4-7,20H,1-3,8-9H2,(H2,16,18)(H,17,19). The van der Waals surface area contributed by atoms with E-state index in [9.17, 15) is 9.18 Å². The van der Waals surface area contributed by atoms with E-state index < -0.39 is 5.41 Å². The van der Waals surface area contributed by atoms with Gasteiger partial charge in [-0.2, -0.15) is 0 Å². The Morgan fingerprint density at radius 1 is 1.25 bits per heavy atom. The molecule has 1 aromatic carbocycles. The van der Waals surface area contributed by atoms with Gasteiger partial charge in [-0.15, -0.1) is 0 Å². The molecular weight excluding hydrogens is 261 g/mol. The number of hydrogen-bond donors (Lipinski definition) is 3. The number of anilines is 1. The molecule has 0 unspecified atom stereocenters. The first kappa shape index (κ1) is 14.3. The largest absolute Gasteiger partial charge is 0.409 e. The molecule has 0 heterocycles. The zero-order valence-corrected chi connectivity index (χ0v) is 11.1. The third-order valence-corrected chi connectivity index (χ3v) is 3.84. The third kappa shape index (κ3) is 2.74. The van der Waals surface area contributed by atoms with Crippen molar-refractivity contribution in [3.63, 3.8) is 0 Å². The Labute approximate surface area is 116 Å². The van der Waals surface area contributed by atoms with Gasteiger partial charge in [0.15, 0.2) is 5.84 Å². The van der Waals surface area contributed by atoms with Gasteiger partial charge >= 0.3 is 0 Å². The number of hydrogen-bond acceptors (Lipinski definition) is 3. The molecule has 5 nitrogen and oxygen atoms in total. The number of amides is 1. The van der Waals surface area contributed by atoms with Crippen LogP contribution in [0.4, 0.5) is 10.1 Å². The number of oxime groups is 1. The molecule has 108 valence electrons. The third-order valence-electron chi connectivity index (χ3n) is 3.84. The van der Waals surface area contributed by atoms with Gasteiger partial charge in [0.05, 0.1) is 0 Å². The molecule has 0 aliphatic heterocycles. The van der Waals surface area contributed by atoms with Gasteiger partial charge in [-0.05, 0) is 37.1 Å². The molecule has 1 amide bonds. The Morgan fingerprint density at radius 2 is 1.85 bits per heavy atom. The van der Waals surface area contributed by atoms with E-state index in [1.807, 2.05) is 0 Å². The average molecular weight is 279 g/mol. The molecule has 0 spiro atoms. The summed E-state index contributed by atoms with van der Waals surface area (Å²) >= 11 is 0. The van der Waals surface area contributed by atoms with Crippen molar-refractivity contribution in [2.75, 3.05) is 5.32 Å². The van der Waals surface area contributed by atoms with Crippen molar-refractivity contribution in [3.8, 4) is 0 Å². The molecule has 1 fully saturated rings. The molecule has 6 heteroatoms. The maximum atomic E-state index is 12.9. The lowest BCUT2D eigenvalue weighted by Crippen LogP contribution is -2.48. The van der Waals surface area contributed by atoms with Crippen molar-refractivity contribution < 1.29 is 14.4 Å². The van der Waals surface area contributed by atoms with E-state index in [0.29, 0.717) is 18.5 Å². The number of nitrogens with one attached hydrogen (secondary N) is 1. The van der Waals surface area contributed by atoms with Crippen LogP contribution in [-0.2, 0) is 4.79 Å². The zero-order valence-electron chi connectivity index (χ0n) is 11.1. The fourth-order valence-corrected chi connectivity index (χ4v) is 2.63. The summed E-state index contributed by atoms with van der Waals surface area (Å²) < 4.78 is 12.9. The summed E-state index contributed by atoms with van der Waals surface area (Å²) in [5.74, 6) is -0.734. The molecule has 1 aromatic rings. The van der Waals surface area contributed by atoms with Crippen LogP contribution in [0.3, 0.4) is 0 Å². The Hall–Kier alpha value is -2.11. The Balaban J connectivity index is 2.21. The van der Waals surface area contributed by atoms with Crippen molar-refractivity contribution in [3.05, 3.63) is 30.1 Å². The van der Waals surface area contributed by atoms with E-state index >= 15 is 0 Å². The highest BCUT2D eigenvalue weighted by molar-refractivity contribution is 6.11. The molecule has 1 aliphatic rings. The predicted octanol–water partition coefficient (Wildman–Crippen LogP) is 2.46. The fourth-order valence-electron chi connectivity index (χ4n) is 2.63. The summed E-state index contributed by atoms with van der Waals surface area (Å²) in [6.07, 6.45) is 3.84. The molecule has 0 aromatic heterocycles. The van der Waals surface area contributed by atoms with Crippen LogP contribution in [0.15, 0.2) is 29.4 Å². The summed E-state index contributed by atoms with van der Waals surface area (Å²) in [4.78, 5) is 12.5. The SMILES string of the molecule is NC(=NO)C1(C(=O)Nc2ccc(F)cc2)CCCCC1. The van der Waals surface area contributed by atoms with Crippen molar-refractivity contribution in [1.29, 1.82) is 0 Å². The number of carbonyl (C=O) groups is 1. The van der Waals surface area contributed by atoms with E-state index in [4.69, 9.17) is 10.9 Å². The maximum absolute atomic E-state index is 12.9. The summed E-state index contributed by atoms with van der Waals surface area (Å²) in [6.45, 7) is 0. The van der Waals surface area contributed by atoms with Crippen LogP contribution in [0.2, 0.25) is 0 Å². The van der Waals surface area contributed by atoms with Gasteiger partial charge < -0.3 is 16.3 Å². The summed E-state index contributed by atoms with van der Waals surface area (Å²) in [6, 6.07) is 5.51. The summed E-state index contributed by atoms with van der Waals surface area (Å²) in [5.41, 5.74) is 5.26. The lowest BCUT2D eigenvalue weighted by molar-refractivity contribution is -0.123. The second-order valence-corrected chi connectivity index (χ2v) is 5.09. The lowest BCUT2D eigenvalue weighted by atomic mass is 9.72. The van der Waals surface area contributed by atoms with Crippen molar-refractivity contribution in [1.82, 2.24) is 0 Å². The van der Waals surface area contributed by atoms with Gasteiger partial charge in [0.2, 0.25) is 5.91 Å². The summed E-state index contributed by atoms with van der Waals surface area (Å²) in [5, 5.41) is 14.7. The molecule has 0 bridgehead atoms. The highest BCUT2D eigenvalue weighted by Gasteiger charge is 2.43. The van der Waals surface area contributed by atoms with Gasteiger partial charge in [-0.3, -0.25) is 4.79 Å². The van der Waals surface area contributed by atoms with Gasteiger partial charge in [0.25, 0.3) is 0 Å². The topological polar surface area (TPSA) is 87.7 Å². The van der Waals surface area contributed by atoms with Gasteiger partial charge in [0.1, 0.15) is 11.2 Å². The van der Waals surface area contributed by atoms with E-state index in [1.54, 1.807) is 0 Å². The van der Waals surface area contributed by atoms with Crippen LogP contribution in [-0.4, -0.2) is 17.0 Å². The average Bonchev–Trinajstić information content (AvgIpc) is 2.49. The molecule has 1 aliphatic carbocycles. The van der Waals surface area contributed by atoms with Crippen LogP contribution in [0.1, 0.15) is 32.1 Å². The lowest BCUT2D eigenvalue weighted by Gasteiger charge is -2.34.